The molecule has 0 fully saturated rings. The SMILES string of the molecule is CC[C@@H](C)[CH]C(C)C. The largest absolute Gasteiger partial charge is 0.0651 e. The molecule has 0 heteroatoms. The highest BCUT2D eigenvalue weighted by molar-refractivity contribution is 4.74. The summed E-state index contributed by atoms with van der Waals surface area (Å²) in [5, 5.41) is 0. The maximum atomic E-state index is 2.39. The third-order valence-corrected chi connectivity index (χ3v) is 1.36. The molecule has 0 unspecified atom stereocenters. The normalized spacial score (nSPS) is 14.6. The van der Waals surface area contributed by atoms with Gasteiger partial charge in [0.05, 0.1) is 0 Å². The molecule has 0 spiro atoms. The van der Waals surface area contributed by atoms with E-state index in [1.807, 2.05) is 0 Å². The number of rotatable bonds is 3. The second-order valence-corrected chi connectivity index (χ2v) is 2.82. The van der Waals surface area contributed by atoms with Gasteiger partial charge in [-0.3, -0.25) is 0 Å². The molecule has 0 aromatic carbocycles. The average molecular weight is 113 g/mol. The zero-order valence-electron chi connectivity index (χ0n) is 6.44. The molecule has 0 bridgehead atoms. The van der Waals surface area contributed by atoms with Crippen LogP contribution in [0.4, 0.5) is 0 Å². The molecule has 0 N–H and O–H groups in total. The maximum absolute atomic E-state index is 2.39. The Kier molecular flexibility index (Phi) is 3.94. The Morgan fingerprint density at radius 1 is 1.25 bits per heavy atom. The molecule has 8 heavy (non-hydrogen) atoms. The van der Waals surface area contributed by atoms with E-state index in [1.54, 1.807) is 0 Å². The Balaban J connectivity index is 3.10. The van der Waals surface area contributed by atoms with Crippen molar-refractivity contribution in [3.05, 3.63) is 6.42 Å². The third-order valence-electron chi connectivity index (χ3n) is 1.36. The molecule has 0 nitrogen and oxygen atoms in total. The van der Waals surface area contributed by atoms with Crippen LogP contribution in [0.25, 0.3) is 0 Å². The smallest absolute Gasteiger partial charge is 0.0332 e. The minimum atomic E-state index is 0.755. The Bertz CT molecular complexity index is 46.0. The summed E-state index contributed by atoms with van der Waals surface area (Å²) in [6.07, 6.45) is 3.66. The Labute approximate surface area is 53.3 Å². The fourth-order valence-electron chi connectivity index (χ4n) is 0.793. The second kappa shape index (κ2) is 3.94. The monoisotopic (exact) mass is 113 g/mol. The van der Waals surface area contributed by atoms with Crippen LogP contribution in [0.3, 0.4) is 0 Å². The topological polar surface area (TPSA) is 0 Å². The van der Waals surface area contributed by atoms with E-state index in [2.05, 4.69) is 34.1 Å². The minimum Gasteiger partial charge on any atom is -0.0651 e. The highest BCUT2D eigenvalue weighted by Gasteiger charge is 2.00. The summed E-state index contributed by atoms with van der Waals surface area (Å²) in [7, 11) is 0. The van der Waals surface area contributed by atoms with Crippen molar-refractivity contribution in [1.82, 2.24) is 0 Å². The van der Waals surface area contributed by atoms with E-state index in [1.165, 1.54) is 6.42 Å². The highest BCUT2D eigenvalue weighted by Crippen LogP contribution is 2.11. The number of hydrogen-bond acceptors (Lipinski definition) is 0. The third kappa shape index (κ3) is 4.17. The molecule has 0 aliphatic rings. The molecular formula is C8H17. The zero-order chi connectivity index (χ0) is 6.57. The summed E-state index contributed by atoms with van der Waals surface area (Å²) in [6, 6.07) is 0. The van der Waals surface area contributed by atoms with E-state index in [-0.39, 0.29) is 0 Å². The van der Waals surface area contributed by atoms with Crippen LogP contribution in [0.5, 0.6) is 0 Å². The van der Waals surface area contributed by atoms with Crippen molar-refractivity contribution in [3.8, 4) is 0 Å². The summed E-state index contributed by atoms with van der Waals surface area (Å²) in [4.78, 5) is 0. The first kappa shape index (κ1) is 8.00. The molecule has 0 amide bonds. The van der Waals surface area contributed by atoms with Gasteiger partial charge in [-0.25, -0.2) is 0 Å². The van der Waals surface area contributed by atoms with Gasteiger partial charge >= 0.3 is 0 Å². The van der Waals surface area contributed by atoms with Crippen LogP contribution in [-0.2, 0) is 0 Å². The lowest BCUT2D eigenvalue weighted by Crippen LogP contribution is -1.98. The van der Waals surface area contributed by atoms with Crippen LogP contribution in [0.2, 0.25) is 0 Å². The standard InChI is InChI=1S/C8H17/c1-5-8(4)6-7(2)3/h6-8H,5H2,1-4H3/t8-/m1/s1. The molecule has 49 valence electrons. The molecule has 1 atom stereocenters. The molecule has 0 aromatic heterocycles. The highest BCUT2D eigenvalue weighted by atomic mass is 14.1. The Morgan fingerprint density at radius 3 is 1.88 bits per heavy atom. The molecule has 0 rings (SSSR count). The van der Waals surface area contributed by atoms with Gasteiger partial charge in [-0.05, 0) is 18.3 Å². The van der Waals surface area contributed by atoms with Crippen LogP contribution >= 0.6 is 0 Å². The fourth-order valence-corrected chi connectivity index (χ4v) is 0.793. The Hall–Kier alpha value is 0. The summed E-state index contributed by atoms with van der Waals surface area (Å²) in [5.41, 5.74) is 0. The van der Waals surface area contributed by atoms with E-state index in [0.29, 0.717) is 0 Å². The summed E-state index contributed by atoms with van der Waals surface area (Å²) < 4.78 is 0. The van der Waals surface area contributed by atoms with E-state index >= 15 is 0 Å². The summed E-state index contributed by atoms with van der Waals surface area (Å²) in [6.45, 7) is 8.95. The molecule has 0 aliphatic heterocycles. The van der Waals surface area contributed by atoms with Crippen LogP contribution in [0.15, 0.2) is 0 Å². The summed E-state index contributed by atoms with van der Waals surface area (Å²) in [5.74, 6) is 1.56. The maximum Gasteiger partial charge on any atom is -0.0332 e. The minimum absolute atomic E-state index is 0.755. The Morgan fingerprint density at radius 2 is 1.75 bits per heavy atom. The molecule has 0 saturated carbocycles. The van der Waals surface area contributed by atoms with Gasteiger partial charge in [0, 0.05) is 0 Å². The van der Waals surface area contributed by atoms with Crippen LogP contribution < -0.4 is 0 Å². The van der Waals surface area contributed by atoms with E-state index in [4.69, 9.17) is 0 Å². The van der Waals surface area contributed by atoms with Crippen LogP contribution in [0.1, 0.15) is 34.1 Å². The quantitative estimate of drug-likeness (QED) is 0.528. The lowest BCUT2D eigenvalue weighted by atomic mass is 9.97. The predicted octanol–water partition coefficient (Wildman–Crippen LogP) is 2.89. The fraction of sp³-hybridized carbons (Fsp3) is 0.875. The van der Waals surface area contributed by atoms with E-state index < -0.39 is 0 Å². The van der Waals surface area contributed by atoms with Gasteiger partial charge in [-0.15, -0.1) is 0 Å². The van der Waals surface area contributed by atoms with Crippen molar-refractivity contribution in [2.75, 3.05) is 0 Å². The lowest BCUT2D eigenvalue weighted by Gasteiger charge is -2.09. The molecule has 0 aromatic rings. The van der Waals surface area contributed by atoms with Gasteiger partial charge in [-0.1, -0.05) is 34.1 Å². The van der Waals surface area contributed by atoms with Crippen molar-refractivity contribution in [2.24, 2.45) is 11.8 Å². The van der Waals surface area contributed by atoms with Crippen molar-refractivity contribution < 1.29 is 0 Å². The van der Waals surface area contributed by atoms with E-state index in [0.717, 1.165) is 11.8 Å². The first-order valence-electron chi connectivity index (χ1n) is 3.51. The van der Waals surface area contributed by atoms with Crippen molar-refractivity contribution in [3.63, 3.8) is 0 Å². The van der Waals surface area contributed by atoms with E-state index in [9.17, 15) is 0 Å². The molecule has 0 saturated heterocycles. The molecular weight excluding hydrogens is 96.1 g/mol. The first-order chi connectivity index (χ1) is 3.66. The second-order valence-electron chi connectivity index (χ2n) is 2.82. The zero-order valence-corrected chi connectivity index (χ0v) is 6.44. The van der Waals surface area contributed by atoms with Gasteiger partial charge in [-0.2, -0.15) is 0 Å². The summed E-state index contributed by atoms with van der Waals surface area (Å²) >= 11 is 0. The molecule has 1 radical (unpaired) electrons. The van der Waals surface area contributed by atoms with Crippen molar-refractivity contribution in [1.29, 1.82) is 0 Å². The van der Waals surface area contributed by atoms with Crippen LogP contribution in [0, 0.1) is 18.3 Å². The van der Waals surface area contributed by atoms with Gasteiger partial charge in [0.15, 0.2) is 0 Å². The van der Waals surface area contributed by atoms with Crippen LogP contribution in [-0.4, -0.2) is 0 Å². The predicted molar refractivity (Wildman–Crippen MR) is 38.6 cm³/mol. The van der Waals surface area contributed by atoms with Gasteiger partial charge in [0.25, 0.3) is 0 Å². The average Bonchev–Trinajstić information content (AvgIpc) is 1.65. The van der Waals surface area contributed by atoms with Gasteiger partial charge < -0.3 is 0 Å². The lowest BCUT2D eigenvalue weighted by molar-refractivity contribution is 0.558. The van der Waals surface area contributed by atoms with Crippen molar-refractivity contribution >= 4 is 0 Å². The molecule has 0 heterocycles. The van der Waals surface area contributed by atoms with Gasteiger partial charge in [0.2, 0.25) is 0 Å². The van der Waals surface area contributed by atoms with Crippen molar-refractivity contribution in [2.45, 2.75) is 34.1 Å². The number of hydrogen-bond donors (Lipinski definition) is 0. The first-order valence-corrected chi connectivity index (χ1v) is 3.51. The van der Waals surface area contributed by atoms with Gasteiger partial charge in [0.1, 0.15) is 0 Å². The molecule has 0 aliphatic carbocycles.